The van der Waals surface area contributed by atoms with Gasteiger partial charge in [-0.3, -0.25) is 4.90 Å². The Morgan fingerprint density at radius 1 is 0.929 bits per heavy atom. The minimum absolute atomic E-state index is 0.567. The number of hydrogen-bond acceptors (Lipinski definition) is 5. The fraction of sp³-hybridized carbons (Fsp3) is 0.391. The first-order valence-electron chi connectivity index (χ1n) is 10.3. The summed E-state index contributed by atoms with van der Waals surface area (Å²) in [6.07, 6.45) is 2.47. The second kappa shape index (κ2) is 7.40. The lowest BCUT2D eigenvalue weighted by atomic mass is 10.1. The zero-order valence-electron chi connectivity index (χ0n) is 16.4. The summed E-state index contributed by atoms with van der Waals surface area (Å²) in [5.41, 5.74) is 4.67. The molecule has 5 nitrogen and oxygen atoms in total. The van der Waals surface area contributed by atoms with Crippen LogP contribution >= 0.6 is 0 Å². The molecule has 1 aliphatic heterocycles. The Kier molecular flexibility index (Phi) is 4.61. The highest BCUT2D eigenvalue weighted by atomic mass is 15.3. The summed E-state index contributed by atoms with van der Waals surface area (Å²) in [5.74, 6) is 1.97. The largest absolute Gasteiger partial charge is 0.364 e. The van der Waals surface area contributed by atoms with Crippen molar-refractivity contribution >= 4 is 22.7 Å². The van der Waals surface area contributed by atoms with Gasteiger partial charge in [0.1, 0.15) is 0 Å². The molecule has 0 amide bonds. The van der Waals surface area contributed by atoms with Crippen molar-refractivity contribution in [3.8, 4) is 0 Å². The van der Waals surface area contributed by atoms with Crippen molar-refractivity contribution in [1.29, 1.82) is 0 Å². The first-order chi connectivity index (χ1) is 13.7. The fourth-order valence-electron chi connectivity index (χ4n) is 3.92. The second-order valence-electron chi connectivity index (χ2n) is 8.06. The molecule has 1 saturated heterocycles. The number of nitrogens with one attached hydrogen (secondary N) is 1. The maximum Gasteiger partial charge on any atom is 0.172 e. The Bertz CT molecular complexity index is 974. The van der Waals surface area contributed by atoms with E-state index in [2.05, 4.69) is 52.4 Å². The summed E-state index contributed by atoms with van der Waals surface area (Å²) >= 11 is 0. The molecule has 1 saturated carbocycles. The van der Waals surface area contributed by atoms with Gasteiger partial charge in [-0.1, -0.05) is 42.0 Å². The number of anilines is 2. The summed E-state index contributed by atoms with van der Waals surface area (Å²) in [7, 11) is 0. The lowest BCUT2D eigenvalue weighted by molar-refractivity contribution is 0.249. The molecule has 0 bridgehead atoms. The molecule has 5 heteroatoms. The molecule has 0 atom stereocenters. The third kappa shape index (κ3) is 3.80. The molecular formula is C23H27N5. The maximum absolute atomic E-state index is 4.98. The van der Waals surface area contributed by atoms with E-state index in [9.17, 15) is 0 Å². The second-order valence-corrected chi connectivity index (χ2v) is 8.06. The first-order valence-corrected chi connectivity index (χ1v) is 10.3. The molecule has 2 aliphatic rings. The lowest BCUT2D eigenvalue weighted by Gasteiger charge is -2.36. The van der Waals surface area contributed by atoms with E-state index in [1.165, 1.54) is 24.0 Å². The third-order valence-corrected chi connectivity index (χ3v) is 5.63. The van der Waals surface area contributed by atoms with Gasteiger partial charge in [-0.2, -0.15) is 0 Å². The molecule has 0 unspecified atom stereocenters. The monoisotopic (exact) mass is 373 g/mol. The predicted molar refractivity (Wildman–Crippen MR) is 115 cm³/mol. The predicted octanol–water partition coefficient (Wildman–Crippen LogP) is 3.83. The van der Waals surface area contributed by atoms with E-state index >= 15 is 0 Å². The smallest absolute Gasteiger partial charge is 0.172 e. The van der Waals surface area contributed by atoms with Crippen LogP contribution in [-0.2, 0) is 6.54 Å². The highest BCUT2D eigenvalue weighted by Crippen LogP contribution is 2.31. The van der Waals surface area contributed by atoms with Crippen molar-refractivity contribution in [2.45, 2.75) is 32.4 Å². The van der Waals surface area contributed by atoms with Crippen LogP contribution in [0.5, 0.6) is 0 Å². The SMILES string of the molecule is Cc1cccc(CN2CCN(c3nc4ccccc4nc3NC3CC3)CC2)c1. The summed E-state index contributed by atoms with van der Waals surface area (Å²) in [4.78, 5) is 14.8. The molecule has 1 N–H and O–H groups in total. The topological polar surface area (TPSA) is 44.3 Å². The molecule has 3 aromatic rings. The normalized spacial score (nSPS) is 17.8. The van der Waals surface area contributed by atoms with Gasteiger partial charge in [0.05, 0.1) is 11.0 Å². The molecule has 1 aliphatic carbocycles. The lowest BCUT2D eigenvalue weighted by Crippen LogP contribution is -2.46. The van der Waals surface area contributed by atoms with Crippen LogP contribution in [0.2, 0.25) is 0 Å². The van der Waals surface area contributed by atoms with Gasteiger partial charge in [-0.15, -0.1) is 0 Å². The van der Waals surface area contributed by atoms with Gasteiger partial charge in [0.2, 0.25) is 0 Å². The Morgan fingerprint density at radius 2 is 1.68 bits per heavy atom. The van der Waals surface area contributed by atoms with Crippen molar-refractivity contribution < 1.29 is 0 Å². The molecule has 0 radical (unpaired) electrons. The highest BCUT2D eigenvalue weighted by Gasteiger charge is 2.26. The number of para-hydroxylation sites is 2. The third-order valence-electron chi connectivity index (χ3n) is 5.63. The Morgan fingerprint density at radius 3 is 2.39 bits per heavy atom. The minimum atomic E-state index is 0.567. The average Bonchev–Trinajstić information content (AvgIpc) is 3.52. The molecule has 5 rings (SSSR count). The average molecular weight is 374 g/mol. The number of fused-ring (bicyclic) bond motifs is 1. The molecule has 2 fully saturated rings. The molecular weight excluding hydrogens is 346 g/mol. The highest BCUT2D eigenvalue weighted by molar-refractivity contribution is 5.80. The van der Waals surface area contributed by atoms with Gasteiger partial charge in [0.15, 0.2) is 11.6 Å². The van der Waals surface area contributed by atoms with Gasteiger partial charge >= 0.3 is 0 Å². The summed E-state index contributed by atoms with van der Waals surface area (Å²) < 4.78 is 0. The van der Waals surface area contributed by atoms with E-state index in [4.69, 9.17) is 9.97 Å². The zero-order valence-corrected chi connectivity index (χ0v) is 16.4. The van der Waals surface area contributed by atoms with Crippen LogP contribution in [0.3, 0.4) is 0 Å². The van der Waals surface area contributed by atoms with Gasteiger partial charge in [-0.25, -0.2) is 9.97 Å². The van der Waals surface area contributed by atoms with Crippen molar-refractivity contribution in [3.05, 3.63) is 59.7 Å². The Balaban J connectivity index is 1.33. The van der Waals surface area contributed by atoms with Crippen LogP contribution in [0, 0.1) is 6.92 Å². The standard InChI is InChI=1S/C23H27N5/c1-17-5-4-6-18(15-17)16-27-11-13-28(14-12-27)23-22(24-19-9-10-19)25-20-7-2-3-8-21(20)26-23/h2-8,15,19H,9-14,16H2,1H3,(H,24,25). The Hall–Kier alpha value is -2.66. The van der Waals surface area contributed by atoms with Crippen LogP contribution in [0.25, 0.3) is 11.0 Å². The number of nitrogens with zero attached hydrogens (tertiary/aromatic N) is 4. The van der Waals surface area contributed by atoms with Crippen molar-refractivity contribution in [2.75, 3.05) is 36.4 Å². The van der Waals surface area contributed by atoms with Crippen LogP contribution in [-0.4, -0.2) is 47.1 Å². The molecule has 2 heterocycles. The van der Waals surface area contributed by atoms with E-state index in [-0.39, 0.29) is 0 Å². The van der Waals surface area contributed by atoms with E-state index in [1.54, 1.807) is 0 Å². The van der Waals surface area contributed by atoms with Crippen LogP contribution in [0.1, 0.15) is 24.0 Å². The number of rotatable bonds is 5. The minimum Gasteiger partial charge on any atom is -0.364 e. The van der Waals surface area contributed by atoms with E-state index in [0.717, 1.165) is 55.4 Å². The number of hydrogen-bond donors (Lipinski definition) is 1. The first kappa shape index (κ1) is 17.4. The van der Waals surface area contributed by atoms with Crippen molar-refractivity contribution in [2.24, 2.45) is 0 Å². The zero-order chi connectivity index (χ0) is 18.9. The van der Waals surface area contributed by atoms with Gasteiger partial charge in [0.25, 0.3) is 0 Å². The number of aromatic nitrogens is 2. The van der Waals surface area contributed by atoms with Crippen molar-refractivity contribution in [1.82, 2.24) is 14.9 Å². The Labute approximate surface area is 166 Å². The quantitative estimate of drug-likeness (QED) is 0.736. The maximum atomic E-state index is 4.98. The number of aryl methyl sites for hydroxylation is 1. The molecule has 144 valence electrons. The van der Waals surface area contributed by atoms with Gasteiger partial charge < -0.3 is 10.2 Å². The number of benzene rings is 2. The summed E-state index contributed by atoms with van der Waals surface area (Å²) in [5, 5.41) is 3.60. The fourth-order valence-corrected chi connectivity index (χ4v) is 3.92. The molecule has 1 aromatic heterocycles. The van der Waals surface area contributed by atoms with Gasteiger partial charge in [0, 0.05) is 38.8 Å². The van der Waals surface area contributed by atoms with E-state index in [1.807, 2.05) is 18.2 Å². The van der Waals surface area contributed by atoms with E-state index < -0.39 is 0 Å². The van der Waals surface area contributed by atoms with Crippen molar-refractivity contribution in [3.63, 3.8) is 0 Å². The summed E-state index contributed by atoms with van der Waals surface area (Å²) in [6.45, 7) is 7.24. The van der Waals surface area contributed by atoms with Crippen LogP contribution in [0.15, 0.2) is 48.5 Å². The summed E-state index contributed by atoms with van der Waals surface area (Å²) in [6, 6.07) is 17.6. The van der Waals surface area contributed by atoms with E-state index in [0.29, 0.717) is 6.04 Å². The van der Waals surface area contributed by atoms with Crippen LogP contribution in [0.4, 0.5) is 11.6 Å². The molecule has 2 aromatic carbocycles. The molecule has 0 spiro atoms. The van der Waals surface area contributed by atoms with Gasteiger partial charge in [-0.05, 0) is 37.5 Å². The number of piperazine rings is 1. The van der Waals surface area contributed by atoms with Crippen LogP contribution < -0.4 is 10.2 Å². The molecule has 28 heavy (non-hydrogen) atoms.